The van der Waals surface area contributed by atoms with Crippen molar-refractivity contribution in [3.63, 3.8) is 0 Å². The van der Waals surface area contributed by atoms with E-state index in [1.807, 2.05) is 0 Å². The Balaban J connectivity index is 0.000000457. The molecule has 1 saturated carbocycles. The Morgan fingerprint density at radius 3 is 1.56 bits per heavy atom. The van der Waals surface area contributed by atoms with Gasteiger partial charge in [-0.1, -0.05) is 25.7 Å². The molecule has 0 aromatic rings. The first-order valence-electron chi connectivity index (χ1n) is 6.73. The highest BCUT2D eigenvalue weighted by atomic mass is 16.6. The van der Waals surface area contributed by atoms with E-state index in [0.717, 1.165) is 25.0 Å². The summed E-state index contributed by atoms with van der Waals surface area (Å²) in [5.74, 6) is 1.89. The second kappa shape index (κ2) is 5.99. The van der Waals surface area contributed by atoms with Crippen LogP contribution in [0.3, 0.4) is 0 Å². The number of rotatable bonds is 4. The number of epoxide rings is 2. The first kappa shape index (κ1) is 12.3. The maximum atomic E-state index is 5.35. The largest absolute Gasteiger partial charge is 0.373 e. The average molecular weight is 227 g/mol. The molecular weight excluding hydrogens is 202 g/mol. The van der Waals surface area contributed by atoms with Crippen molar-refractivity contribution in [3.8, 4) is 0 Å². The van der Waals surface area contributed by atoms with Crippen molar-refractivity contribution in [2.75, 3.05) is 20.3 Å². The normalized spacial score (nSPS) is 40.9. The van der Waals surface area contributed by atoms with Gasteiger partial charge in [-0.3, -0.25) is 0 Å². The molecule has 0 aromatic carbocycles. The Bertz CT molecular complexity index is 180. The predicted octanol–water partition coefficient (Wildman–Crippen LogP) is 1.95. The Kier molecular flexibility index (Phi) is 4.62. The summed E-state index contributed by atoms with van der Waals surface area (Å²) in [6, 6.07) is 0. The Labute approximate surface area is 98.7 Å². The molecule has 2 N–H and O–H groups in total. The lowest BCUT2D eigenvalue weighted by Crippen LogP contribution is -2.22. The van der Waals surface area contributed by atoms with Crippen LogP contribution in [0.15, 0.2) is 0 Å². The van der Waals surface area contributed by atoms with Crippen LogP contribution in [0.4, 0.5) is 0 Å². The maximum Gasteiger partial charge on any atom is 0.0812 e. The lowest BCUT2D eigenvalue weighted by Gasteiger charge is -2.30. The van der Waals surface area contributed by atoms with Gasteiger partial charge in [0.1, 0.15) is 0 Å². The van der Waals surface area contributed by atoms with Crippen LogP contribution < -0.4 is 5.73 Å². The first-order valence-corrected chi connectivity index (χ1v) is 6.73. The molecule has 3 heteroatoms. The van der Waals surface area contributed by atoms with E-state index in [1.54, 1.807) is 0 Å². The minimum atomic E-state index is 0.626. The molecule has 16 heavy (non-hydrogen) atoms. The van der Waals surface area contributed by atoms with E-state index in [-0.39, 0.29) is 0 Å². The molecule has 0 amide bonds. The molecule has 0 radical (unpaired) electrons. The lowest BCUT2D eigenvalue weighted by molar-refractivity contribution is 0.181. The Morgan fingerprint density at radius 2 is 1.25 bits per heavy atom. The quantitative estimate of drug-likeness (QED) is 0.747. The van der Waals surface area contributed by atoms with Crippen molar-refractivity contribution in [3.05, 3.63) is 0 Å². The average Bonchev–Trinajstić information content (AvgIpc) is 3.18. The molecule has 2 aliphatic heterocycles. The standard InChI is InChI=1S/C12H20O2.CH5N/c1-2-4-10(6-12-8-14-12)9(3-1)5-11-7-13-11;1-2/h9-12H,1-8H2;2H2,1H3. The van der Waals surface area contributed by atoms with E-state index in [0.29, 0.717) is 12.2 Å². The van der Waals surface area contributed by atoms with E-state index in [4.69, 9.17) is 9.47 Å². The van der Waals surface area contributed by atoms with E-state index in [2.05, 4.69) is 5.73 Å². The van der Waals surface area contributed by atoms with Crippen LogP contribution in [0.1, 0.15) is 38.5 Å². The van der Waals surface area contributed by atoms with Crippen LogP contribution in [0.25, 0.3) is 0 Å². The molecule has 3 fully saturated rings. The summed E-state index contributed by atoms with van der Waals surface area (Å²) in [4.78, 5) is 0. The fourth-order valence-corrected chi connectivity index (χ4v) is 2.99. The van der Waals surface area contributed by atoms with Crippen LogP contribution in [-0.2, 0) is 9.47 Å². The molecule has 4 unspecified atom stereocenters. The maximum absolute atomic E-state index is 5.35. The summed E-state index contributed by atoms with van der Waals surface area (Å²) in [6.45, 7) is 2.06. The molecule has 0 spiro atoms. The molecule has 3 nitrogen and oxygen atoms in total. The third-order valence-corrected chi connectivity index (χ3v) is 4.00. The van der Waals surface area contributed by atoms with Crippen molar-refractivity contribution in [1.29, 1.82) is 0 Å². The molecule has 94 valence electrons. The second-order valence-corrected chi connectivity index (χ2v) is 5.19. The molecule has 2 saturated heterocycles. The van der Waals surface area contributed by atoms with Gasteiger partial charge in [-0.25, -0.2) is 0 Å². The zero-order valence-corrected chi connectivity index (χ0v) is 10.4. The topological polar surface area (TPSA) is 51.1 Å². The van der Waals surface area contributed by atoms with Crippen LogP contribution in [-0.4, -0.2) is 32.5 Å². The Morgan fingerprint density at radius 1 is 0.875 bits per heavy atom. The molecule has 1 aliphatic carbocycles. The second-order valence-electron chi connectivity index (χ2n) is 5.19. The van der Waals surface area contributed by atoms with Crippen molar-refractivity contribution in [2.24, 2.45) is 17.6 Å². The van der Waals surface area contributed by atoms with Crippen LogP contribution in [0.5, 0.6) is 0 Å². The van der Waals surface area contributed by atoms with Gasteiger partial charge in [-0.2, -0.15) is 0 Å². The van der Waals surface area contributed by atoms with Gasteiger partial charge in [-0.15, -0.1) is 0 Å². The smallest absolute Gasteiger partial charge is 0.0812 e. The third-order valence-electron chi connectivity index (χ3n) is 4.00. The lowest BCUT2D eigenvalue weighted by atomic mass is 9.75. The van der Waals surface area contributed by atoms with E-state index in [1.165, 1.54) is 45.6 Å². The van der Waals surface area contributed by atoms with Crippen molar-refractivity contribution >= 4 is 0 Å². The number of nitrogens with two attached hydrogens (primary N) is 1. The van der Waals surface area contributed by atoms with Crippen LogP contribution >= 0.6 is 0 Å². The summed E-state index contributed by atoms with van der Waals surface area (Å²) >= 11 is 0. The highest BCUT2D eigenvalue weighted by Gasteiger charge is 2.36. The predicted molar refractivity (Wildman–Crippen MR) is 64.3 cm³/mol. The molecule has 3 aliphatic rings. The van der Waals surface area contributed by atoms with Gasteiger partial charge in [-0.05, 0) is 31.7 Å². The summed E-state index contributed by atoms with van der Waals surface area (Å²) in [5.41, 5.74) is 4.50. The van der Waals surface area contributed by atoms with Gasteiger partial charge >= 0.3 is 0 Å². The van der Waals surface area contributed by atoms with Gasteiger partial charge in [0.25, 0.3) is 0 Å². The minimum absolute atomic E-state index is 0.626. The minimum Gasteiger partial charge on any atom is -0.373 e. The van der Waals surface area contributed by atoms with E-state index >= 15 is 0 Å². The van der Waals surface area contributed by atoms with Gasteiger partial charge in [0.05, 0.1) is 25.4 Å². The highest BCUT2D eigenvalue weighted by Crippen LogP contribution is 2.39. The van der Waals surface area contributed by atoms with Gasteiger partial charge in [0, 0.05) is 0 Å². The molecular formula is C13H25NO2. The highest BCUT2D eigenvalue weighted by molar-refractivity contribution is 4.85. The SMILES string of the molecule is C1CCC(CC2CO2)C(CC2CO2)C1.CN. The molecule has 0 aromatic heterocycles. The monoisotopic (exact) mass is 227 g/mol. The zero-order valence-electron chi connectivity index (χ0n) is 10.4. The summed E-state index contributed by atoms with van der Waals surface area (Å²) in [5, 5.41) is 0. The van der Waals surface area contributed by atoms with Gasteiger partial charge in [0.15, 0.2) is 0 Å². The van der Waals surface area contributed by atoms with Gasteiger partial charge in [0.2, 0.25) is 0 Å². The van der Waals surface area contributed by atoms with E-state index < -0.39 is 0 Å². The van der Waals surface area contributed by atoms with Crippen LogP contribution in [0.2, 0.25) is 0 Å². The van der Waals surface area contributed by atoms with Crippen molar-refractivity contribution in [1.82, 2.24) is 0 Å². The van der Waals surface area contributed by atoms with Crippen molar-refractivity contribution < 1.29 is 9.47 Å². The fraction of sp³-hybridized carbons (Fsp3) is 1.00. The summed E-state index contributed by atoms with van der Waals surface area (Å²) in [6.07, 6.45) is 9.68. The fourth-order valence-electron chi connectivity index (χ4n) is 2.99. The van der Waals surface area contributed by atoms with Crippen LogP contribution in [0, 0.1) is 11.8 Å². The zero-order chi connectivity index (χ0) is 11.4. The summed E-state index contributed by atoms with van der Waals surface area (Å²) < 4.78 is 10.7. The summed E-state index contributed by atoms with van der Waals surface area (Å²) in [7, 11) is 1.50. The number of hydrogen-bond acceptors (Lipinski definition) is 3. The van der Waals surface area contributed by atoms with Crippen molar-refractivity contribution in [2.45, 2.75) is 50.7 Å². The Hall–Kier alpha value is -0.120. The molecule has 0 bridgehead atoms. The van der Waals surface area contributed by atoms with Gasteiger partial charge < -0.3 is 15.2 Å². The number of ether oxygens (including phenoxy) is 2. The molecule has 3 rings (SSSR count). The molecule has 4 atom stereocenters. The number of hydrogen-bond donors (Lipinski definition) is 1. The first-order chi connectivity index (χ1) is 7.92. The van der Waals surface area contributed by atoms with E-state index in [9.17, 15) is 0 Å². The third kappa shape index (κ3) is 3.72. The molecule has 2 heterocycles.